The van der Waals surface area contributed by atoms with E-state index in [-0.39, 0.29) is 12.2 Å². The zero-order valence-electron chi connectivity index (χ0n) is 7.71. The lowest BCUT2D eigenvalue weighted by Crippen LogP contribution is -1.88. The number of aldehydes is 1. The summed E-state index contributed by atoms with van der Waals surface area (Å²) < 4.78 is 17.7. The third kappa shape index (κ3) is 2.60. The van der Waals surface area contributed by atoms with Crippen LogP contribution in [0.5, 0.6) is 5.75 Å². The number of halogens is 1. The van der Waals surface area contributed by atoms with E-state index in [1.807, 2.05) is 0 Å². The molecule has 0 saturated carbocycles. The van der Waals surface area contributed by atoms with Crippen molar-refractivity contribution in [2.45, 2.75) is 6.42 Å². The van der Waals surface area contributed by atoms with Gasteiger partial charge in [-0.25, -0.2) is 4.39 Å². The summed E-state index contributed by atoms with van der Waals surface area (Å²) >= 11 is 0. The van der Waals surface area contributed by atoms with Gasteiger partial charge >= 0.3 is 0 Å². The van der Waals surface area contributed by atoms with Gasteiger partial charge in [-0.15, -0.1) is 0 Å². The van der Waals surface area contributed by atoms with E-state index in [0.717, 1.165) is 0 Å². The van der Waals surface area contributed by atoms with Crippen molar-refractivity contribution in [2.24, 2.45) is 0 Å². The van der Waals surface area contributed by atoms with Crippen LogP contribution in [0.25, 0.3) is 0 Å². The average Bonchev–Trinajstić information content (AvgIpc) is 2.21. The molecule has 1 aromatic carbocycles. The lowest BCUT2D eigenvalue weighted by Gasteiger charge is -2.00. The number of hydrogen-bond donors (Lipinski definition) is 0. The van der Waals surface area contributed by atoms with Crippen LogP contribution in [0, 0.1) is 17.7 Å². The van der Waals surface area contributed by atoms with Gasteiger partial charge in [-0.05, 0) is 18.2 Å². The lowest BCUT2D eigenvalue weighted by molar-refractivity contribution is -0.107. The lowest BCUT2D eigenvalue weighted by atomic mass is 10.2. The van der Waals surface area contributed by atoms with Crippen molar-refractivity contribution in [3.05, 3.63) is 29.6 Å². The topological polar surface area (TPSA) is 26.3 Å². The van der Waals surface area contributed by atoms with Gasteiger partial charge in [0.1, 0.15) is 6.29 Å². The molecule has 0 aliphatic heterocycles. The summed E-state index contributed by atoms with van der Waals surface area (Å²) in [6, 6.07) is 4.31. The third-order valence-electron chi connectivity index (χ3n) is 1.57. The monoisotopic (exact) mass is 192 g/mol. The Kier molecular flexibility index (Phi) is 3.69. The molecule has 0 spiro atoms. The van der Waals surface area contributed by atoms with Crippen molar-refractivity contribution in [3.63, 3.8) is 0 Å². The SMILES string of the molecule is COc1cc(C#CCC=O)ccc1F. The molecule has 0 fully saturated rings. The van der Waals surface area contributed by atoms with Crippen LogP contribution in [0.2, 0.25) is 0 Å². The van der Waals surface area contributed by atoms with Crippen molar-refractivity contribution >= 4 is 6.29 Å². The van der Waals surface area contributed by atoms with Crippen molar-refractivity contribution < 1.29 is 13.9 Å². The largest absolute Gasteiger partial charge is 0.494 e. The van der Waals surface area contributed by atoms with Gasteiger partial charge < -0.3 is 9.53 Å². The molecule has 3 heteroatoms. The Morgan fingerprint density at radius 3 is 3.00 bits per heavy atom. The van der Waals surface area contributed by atoms with Crippen LogP contribution in [0.3, 0.4) is 0 Å². The number of ether oxygens (including phenoxy) is 1. The Morgan fingerprint density at radius 1 is 1.57 bits per heavy atom. The molecule has 0 unspecified atom stereocenters. The average molecular weight is 192 g/mol. The molecular formula is C11H9FO2. The fraction of sp³-hybridized carbons (Fsp3) is 0.182. The number of carbonyl (C=O) groups is 1. The van der Waals surface area contributed by atoms with Crippen LogP contribution >= 0.6 is 0 Å². The van der Waals surface area contributed by atoms with Crippen LogP contribution in [0.15, 0.2) is 18.2 Å². The first-order valence-electron chi connectivity index (χ1n) is 4.04. The van der Waals surface area contributed by atoms with E-state index >= 15 is 0 Å². The van der Waals surface area contributed by atoms with Gasteiger partial charge in [0.25, 0.3) is 0 Å². The zero-order chi connectivity index (χ0) is 10.4. The first-order valence-corrected chi connectivity index (χ1v) is 4.04. The van der Waals surface area contributed by atoms with Gasteiger partial charge in [0.15, 0.2) is 11.6 Å². The molecule has 14 heavy (non-hydrogen) atoms. The molecule has 0 aromatic heterocycles. The van der Waals surface area contributed by atoms with E-state index in [1.54, 1.807) is 0 Å². The van der Waals surface area contributed by atoms with Gasteiger partial charge in [0.2, 0.25) is 0 Å². The van der Waals surface area contributed by atoms with Gasteiger partial charge in [0.05, 0.1) is 13.5 Å². The molecule has 1 rings (SSSR count). The molecule has 0 atom stereocenters. The predicted molar refractivity (Wildman–Crippen MR) is 50.5 cm³/mol. The minimum Gasteiger partial charge on any atom is -0.494 e. The van der Waals surface area contributed by atoms with E-state index in [1.165, 1.54) is 25.3 Å². The first kappa shape index (κ1) is 10.3. The van der Waals surface area contributed by atoms with E-state index in [0.29, 0.717) is 11.8 Å². The zero-order valence-corrected chi connectivity index (χ0v) is 7.71. The number of rotatable bonds is 2. The second kappa shape index (κ2) is 5.03. The highest BCUT2D eigenvalue weighted by Crippen LogP contribution is 2.17. The Balaban J connectivity index is 2.91. The van der Waals surface area contributed by atoms with Crippen LogP contribution in [0.1, 0.15) is 12.0 Å². The normalized spacial score (nSPS) is 8.71. The van der Waals surface area contributed by atoms with Gasteiger partial charge in [-0.3, -0.25) is 0 Å². The number of benzene rings is 1. The standard InChI is InChI=1S/C11H9FO2/c1-14-11-8-9(4-2-3-7-13)5-6-10(11)12/h5-8H,3H2,1H3. The molecule has 72 valence electrons. The van der Waals surface area contributed by atoms with Crippen molar-refractivity contribution in [2.75, 3.05) is 7.11 Å². The fourth-order valence-electron chi connectivity index (χ4n) is 0.932. The molecule has 0 heterocycles. The molecule has 2 nitrogen and oxygen atoms in total. The van der Waals surface area contributed by atoms with Gasteiger partial charge in [0, 0.05) is 5.56 Å². The van der Waals surface area contributed by atoms with Crippen LogP contribution in [-0.4, -0.2) is 13.4 Å². The predicted octanol–water partition coefficient (Wildman–Crippen LogP) is 1.77. The molecule has 0 aliphatic carbocycles. The smallest absolute Gasteiger partial charge is 0.165 e. The van der Waals surface area contributed by atoms with E-state index in [2.05, 4.69) is 11.8 Å². The Morgan fingerprint density at radius 2 is 2.36 bits per heavy atom. The molecule has 0 aliphatic rings. The maximum atomic E-state index is 12.9. The highest BCUT2D eigenvalue weighted by molar-refractivity contribution is 5.55. The molecule has 1 aromatic rings. The number of methoxy groups -OCH3 is 1. The Bertz CT molecular complexity index is 388. The van der Waals surface area contributed by atoms with E-state index in [4.69, 9.17) is 4.74 Å². The number of carbonyl (C=O) groups excluding carboxylic acids is 1. The maximum absolute atomic E-state index is 12.9. The van der Waals surface area contributed by atoms with E-state index < -0.39 is 5.82 Å². The molecule has 0 amide bonds. The van der Waals surface area contributed by atoms with Gasteiger partial charge in [-0.1, -0.05) is 11.8 Å². The third-order valence-corrected chi connectivity index (χ3v) is 1.57. The molecule has 0 bridgehead atoms. The van der Waals surface area contributed by atoms with E-state index in [9.17, 15) is 9.18 Å². The summed E-state index contributed by atoms with van der Waals surface area (Å²) in [4.78, 5) is 9.99. The quantitative estimate of drug-likeness (QED) is 0.527. The molecule has 0 saturated heterocycles. The van der Waals surface area contributed by atoms with Crippen molar-refractivity contribution in [1.82, 2.24) is 0 Å². The first-order chi connectivity index (χ1) is 6.77. The van der Waals surface area contributed by atoms with Gasteiger partial charge in [-0.2, -0.15) is 0 Å². The second-order valence-corrected chi connectivity index (χ2v) is 2.52. The molecular weight excluding hydrogens is 183 g/mol. The van der Waals surface area contributed by atoms with Crippen molar-refractivity contribution in [3.8, 4) is 17.6 Å². The second-order valence-electron chi connectivity index (χ2n) is 2.52. The van der Waals surface area contributed by atoms with Crippen LogP contribution in [0.4, 0.5) is 4.39 Å². The summed E-state index contributed by atoms with van der Waals surface area (Å²) in [6.45, 7) is 0. The van der Waals surface area contributed by atoms with Crippen LogP contribution < -0.4 is 4.74 Å². The summed E-state index contributed by atoms with van der Waals surface area (Å²) in [7, 11) is 1.39. The highest BCUT2D eigenvalue weighted by Gasteiger charge is 2.00. The summed E-state index contributed by atoms with van der Waals surface area (Å²) in [6.07, 6.45) is 0.896. The van der Waals surface area contributed by atoms with Crippen LogP contribution in [-0.2, 0) is 4.79 Å². The van der Waals surface area contributed by atoms with Crippen molar-refractivity contribution in [1.29, 1.82) is 0 Å². The minimum absolute atomic E-state index is 0.155. The minimum atomic E-state index is -0.423. The number of hydrogen-bond acceptors (Lipinski definition) is 2. The molecule has 0 radical (unpaired) electrons. The maximum Gasteiger partial charge on any atom is 0.165 e. The summed E-state index contributed by atoms with van der Waals surface area (Å²) in [5.74, 6) is 5.08. The summed E-state index contributed by atoms with van der Waals surface area (Å²) in [5.41, 5.74) is 0.630. The fourth-order valence-corrected chi connectivity index (χ4v) is 0.932. The summed E-state index contributed by atoms with van der Waals surface area (Å²) in [5, 5.41) is 0. The Hall–Kier alpha value is -1.82. The highest BCUT2D eigenvalue weighted by atomic mass is 19.1. The Labute approximate surface area is 81.7 Å². The molecule has 0 N–H and O–H groups in total.